The summed E-state index contributed by atoms with van der Waals surface area (Å²) in [6, 6.07) is 9.28. The van der Waals surface area contributed by atoms with Crippen molar-refractivity contribution in [3.63, 3.8) is 0 Å². The van der Waals surface area contributed by atoms with Crippen molar-refractivity contribution in [1.29, 1.82) is 0 Å². The van der Waals surface area contributed by atoms with Crippen LogP contribution in [0.4, 0.5) is 0 Å². The highest BCUT2D eigenvalue weighted by Gasteiger charge is 2.94. The van der Waals surface area contributed by atoms with Gasteiger partial charge in [-0.1, -0.05) is 64.6 Å². The number of hydrogen-bond donors (Lipinski definition) is 3. The molecule has 210 valence electrons. The van der Waals surface area contributed by atoms with Gasteiger partial charge in [-0.3, -0.25) is 9.59 Å². The van der Waals surface area contributed by atoms with Crippen molar-refractivity contribution >= 4 is 23.8 Å². The van der Waals surface area contributed by atoms with E-state index < -0.39 is 69.5 Å². The summed E-state index contributed by atoms with van der Waals surface area (Å²) in [4.78, 5) is 38.9. The maximum absolute atomic E-state index is 13.5. The molecule has 4 saturated carbocycles. The van der Waals surface area contributed by atoms with E-state index in [4.69, 9.17) is 9.47 Å². The van der Waals surface area contributed by atoms with Gasteiger partial charge in [0.15, 0.2) is 0 Å². The zero-order valence-corrected chi connectivity index (χ0v) is 23.1. The van der Waals surface area contributed by atoms with Crippen molar-refractivity contribution < 1.29 is 39.2 Å². The molecule has 4 fully saturated rings. The topological polar surface area (TPSA) is 130 Å². The van der Waals surface area contributed by atoms with E-state index in [1.54, 1.807) is 33.8 Å². The van der Waals surface area contributed by atoms with Crippen LogP contribution in [-0.2, 0) is 23.9 Å². The highest BCUT2D eigenvalue weighted by Crippen LogP contribution is 2.86. The number of esters is 2. The van der Waals surface area contributed by atoms with Gasteiger partial charge < -0.3 is 24.8 Å². The summed E-state index contributed by atoms with van der Waals surface area (Å²) >= 11 is 0. The van der Waals surface area contributed by atoms with Crippen LogP contribution in [-0.4, -0.2) is 63.1 Å². The van der Waals surface area contributed by atoms with Crippen LogP contribution in [0.25, 0.3) is 6.08 Å². The second-order valence-electron chi connectivity index (χ2n) is 12.6. The smallest absolute Gasteiger partial charge is 0.331 e. The monoisotopic (exact) mass is 538 g/mol. The van der Waals surface area contributed by atoms with E-state index in [-0.39, 0.29) is 18.6 Å². The first-order chi connectivity index (χ1) is 18.1. The Morgan fingerprint density at radius 3 is 2.36 bits per heavy atom. The zero-order valence-electron chi connectivity index (χ0n) is 23.1. The highest BCUT2D eigenvalue weighted by molar-refractivity contribution is 5.88. The fourth-order valence-electron chi connectivity index (χ4n) is 9.46. The Labute approximate surface area is 228 Å². The molecule has 5 rings (SSSR count). The minimum atomic E-state index is -1.89. The number of benzene rings is 1. The van der Waals surface area contributed by atoms with Crippen LogP contribution in [0, 0.1) is 27.6 Å². The maximum atomic E-state index is 13.5. The quantitative estimate of drug-likeness (QED) is 0.303. The highest BCUT2D eigenvalue weighted by atomic mass is 16.6. The first kappa shape index (κ1) is 27.7. The van der Waals surface area contributed by atoms with Gasteiger partial charge in [-0.2, -0.15) is 0 Å². The van der Waals surface area contributed by atoms with E-state index in [0.29, 0.717) is 12.0 Å². The molecule has 1 aromatic rings. The van der Waals surface area contributed by atoms with Gasteiger partial charge in [0.25, 0.3) is 0 Å². The normalized spacial score (nSPS) is 44.2. The molecule has 2 bridgehead atoms. The van der Waals surface area contributed by atoms with E-state index in [0.717, 1.165) is 5.56 Å². The second kappa shape index (κ2) is 8.59. The number of aliphatic hydroxyl groups excluding tert-OH is 2. The third-order valence-electron chi connectivity index (χ3n) is 11.1. The molecule has 1 aromatic carbocycles. The number of aliphatic hydroxyl groups is 3. The lowest BCUT2D eigenvalue weighted by atomic mass is 9.42. The van der Waals surface area contributed by atoms with E-state index in [2.05, 4.69) is 6.58 Å². The number of ketones is 1. The van der Waals surface area contributed by atoms with Gasteiger partial charge in [0.1, 0.15) is 23.6 Å². The van der Waals surface area contributed by atoms with Crippen LogP contribution in [0.15, 0.2) is 48.6 Å². The number of Topliss-reactive ketones (excluding diaryl/α,β-unsaturated/α-hetero) is 1. The van der Waals surface area contributed by atoms with E-state index in [9.17, 15) is 29.7 Å². The summed E-state index contributed by atoms with van der Waals surface area (Å²) in [5.41, 5.74) is -6.02. The van der Waals surface area contributed by atoms with Gasteiger partial charge in [-0.15, -0.1) is 0 Å². The molecule has 0 unspecified atom stereocenters. The number of rotatable bonds is 4. The van der Waals surface area contributed by atoms with Crippen LogP contribution >= 0.6 is 0 Å². The molecule has 0 heterocycles. The Hall–Kier alpha value is -2.81. The van der Waals surface area contributed by atoms with Crippen LogP contribution in [0.5, 0.6) is 0 Å². The minimum Gasteiger partial charge on any atom is -0.459 e. The van der Waals surface area contributed by atoms with Crippen LogP contribution in [0.3, 0.4) is 0 Å². The predicted octanol–water partition coefficient (Wildman–Crippen LogP) is 2.99. The van der Waals surface area contributed by atoms with Crippen LogP contribution in [0.2, 0.25) is 0 Å². The predicted molar refractivity (Wildman–Crippen MR) is 142 cm³/mol. The lowest BCUT2D eigenvalue weighted by Crippen LogP contribution is -2.65. The number of hydrogen-bond acceptors (Lipinski definition) is 8. The standard InChI is InChI=1S/C31H38O8/c1-17-21(33)16-29(37)26(36)31-18(2)22(39-23(34)13-12-20-10-8-7-9-11-20)14-15-28(31,6)24(35)25(38-19(3)32)30(17,31)27(29,4)5/h7-13,17,22,24-26,35-37H,2,14-16H2,1,3-6H3/b13-12+/t17-,22+,24+,25+,26-,28+,29+,30+,31-/m1/s1. The van der Waals surface area contributed by atoms with Gasteiger partial charge in [-0.05, 0) is 30.1 Å². The molecule has 8 nitrogen and oxygen atoms in total. The molecule has 2 spiro atoms. The molecule has 0 radical (unpaired) electrons. The Balaban J connectivity index is 1.66. The Morgan fingerprint density at radius 2 is 1.74 bits per heavy atom. The first-order valence-corrected chi connectivity index (χ1v) is 13.6. The average Bonchev–Trinajstić information content (AvgIpc) is 3.09. The van der Waals surface area contributed by atoms with Crippen molar-refractivity contribution in [3.05, 3.63) is 54.1 Å². The SMILES string of the molecule is C=C1[C@@H](OC(=O)/C=C/c2ccccc2)CC[C@@]2(C)[C@@H](O)[C@H](OC(C)=O)[C@]34[C@H](C)C(=O)C[C@](O)([C@@H](O)[C@@]132)C4(C)C. The number of carbonyl (C=O) groups is 3. The summed E-state index contributed by atoms with van der Waals surface area (Å²) in [6.07, 6.45) is -1.62. The summed E-state index contributed by atoms with van der Waals surface area (Å²) in [7, 11) is 0. The molecule has 3 N–H and O–H groups in total. The fourth-order valence-corrected chi connectivity index (χ4v) is 9.46. The summed E-state index contributed by atoms with van der Waals surface area (Å²) in [5.74, 6) is -2.35. The first-order valence-electron chi connectivity index (χ1n) is 13.6. The third-order valence-corrected chi connectivity index (χ3v) is 11.1. The molecule has 4 aliphatic carbocycles. The molecule has 0 amide bonds. The Kier molecular flexibility index (Phi) is 6.11. The lowest BCUT2D eigenvalue weighted by Gasteiger charge is -2.60. The van der Waals surface area contributed by atoms with Crippen LogP contribution in [0.1, 0.15) is 59.4 Å². The van der Waals surface area contributed by atoms with Crippen LogP contribution < -0.4 is 0 Å². The zero-order chi connectivity index (χ0) is 28.8. The molecular formula is C31H38O8. The Bertz CT molecular complexity index is 1270. The van der Waals surface area contributed by atoms with Gasteiger partial charge in [0.2, 0.25) is 0 Å². The van der Waals surface area contributed by atoms with E-state index in [1.165, 1.54) is 13.0 Å². The third kappa shape index (κ3) is 3.03. The van der Waals surface area contributed by atoms with Crippen molar-refractivity contribution in [2.45, 2.75) is 83.9 Å². The lowest BCUT2D eigenvalue weighted by molar-refractivity contribution is -0.213. The summed E-state index contributed by atoms with van der Waals surface area (Å²) < 4.78 is 11.7. The van der Waals surface area contributed by atoms with Crippen molar-refractivity contribution in [2.75, 3.05) is 0 Å². The number of ether oxygens (including phenoxy) is 2. The molecule has 39 heavy (non-hydrogen) atoms. The average molecular weight is 539 g/mol. The van der Waals surface area contributed by atoms with Gasteiger partial charge >= 0.3 is 11.9 Å². The molecule has 0 saturated heterocycles. The molecular weight excluding hydrogens is 500 g/mol. The van der Waals surface area contributed by atoms with Gasteiger partial charge in [0, 0.05) is 47.0 Å². The molecule has 4 aliphatic rings. The summed E-state index contributed by atoms with van der Waals surface area (Å²) in [5, 5.41) is 36.2. The van der Waals surface area contributed by atoms with Crippen molar-refractivity contribution in [3.8, 4) is 0 Å². The fraction of sp³-hybridized carbons (Fsp3) is 0.581. The van der Waals surface area contributed by atoms with Crippen molar-refractivity contribution in [2.24, 2.45) is 27.6 Å². The molecule has 0 aromatic heterocycles. The minimum absolute atomic E-state index is 0.275. The Morgan fingerprint density at radius 1 is 1.10 bits per heavy atom. The van der Waals surface area contributed by atoms with E-state index in [1.807, 2.05) is 30.3 Å². The maximum Gasteiger partial charge on any atom is 0.331 e. The molecule has 8 heteroatoms. The summed E-state index contributed by atoms with van der Waals surface area (Å²) in [6.45, 7) is 12.6. The van der Waals surface area contributed by atoms with Crippen molar-refractivity contribution in [1.82, 2.24) is 0 Å². The van der Waals surface area contributed by atoms with Gasteiger partial charge in [0.05, 0.1) is 12.2 Å². The van der Waals surface area contributed by atoms with E-state index >= 15 is 0 Å². The van der Waals surface area contributed by atoms with Gasteiger partial charge in [-0.25, -0.2) is 4.79 Å². The molecule has 9 atom stereocenters. The largest absolute Gasteiger partial charge is 0.459 e. The second-order valence-corrected chi connectivity index (χ2v) is 12.6. The number of fused-ring (bicyclic) bond motifs is 1. The number of carbonyl (C=O) groups excluding carboxylic acids is 3. The molecule has 0 aliphatic heterocycles.